The van der Waals surface area contributed by atoms with E-state index >= 15 is 0 Å². The molecular weight excluding hydrogens is 242 g/mol. The number of carboxylic acid groups (broad SMARTS) is 1. The second-order valence-electron chi connectivity index (χ2n) is 3.11. The highest BCUT2D eigenvalue weighted by Crippen LogP contribution is 2.23. The zero-order valence-electron chi connectivity index (χ0n) is 8.32. The van der Waals surface area contributed by atoms with Crippen molar-refractivity contribution in [2.45, 2.75) is 6.43 Å². The van der Waals surface area contributed by atoms with Crippen molar-refractivity contribution < 1.29 is 18.7 Å². The third-order valence-electron chi connectivity index (χ3n) is 1.84. The van der Waals surface area contributed by atoms with Gasteiger partial charge in [-0.2, -0.15) is 0 Å². The molecule has 4 nitrogen and oxygen atoms in total. The number of aromatic nitrogens is 1. The highest BCUT2D eigenvalue weighted by molar-refractivity contribution is 6.33. The molecule has 1 aromatic rings. The molecule has 16 heavy (non-hydrogen) atoms. The summed E-state index contributed by atoms with van der Waals surface area (Å²) in [4.78, 5) is 15.5. The molecule has 1 rings (SSSR count). The lowest BCUT2D eigenvalue weighted by atomic mass is 10.3. The van der Waals surface area contributed by atoms with Gasteiger partial charge in [0, 0.05) is 13.2 Å². The lowest BCUT2D eigenvalue weighted by Gasteiger charge is -2.18. The van der Waals surface area contributed by atoms with Crippen molar-refractivity contribution in [1.82, 2.24) is 4.98 Å². The molecule has 0 saturated heterocycles. The number of rotatable bonds is 4. The van der Waals surface area contributed by atoms with Gasteiger partial charge < -0.3 is 10.0 Å². The van der Waals surface area contributed by atoms with Gasteiger partial charge in [-0.3, -0.25) is 0 Å². The first kappa shape index (κ1) is 12.6. The molecule has 0 saturated carbocycles. The third kappa shape index (κ3) is 3.03. The summed E-state index contributed by atoms with van der Waals surface area (Å²) in [5.74, 6) is -1.04. The average molecular weight is 251 g/mol. The maximum atomic E-state index is 12.1. The standard InChI is InChI=1S/C9H9ClF2N2O2/c1-14(4-7(11)12)8-6(10)2-5(3-13-8)9(15)16/h2-3,7H,4H2,1H3,(H,15,16). The minimum absolute atomic E-state index is 0.0306. The van der Waals surface area contributed by atoms with E-state index in [1.54, 1.807) is 0 Å². The minimum Gasteiger partial charge on any atom is -0.478 e. The first-order valence-electron chi connectivity index (χ1n) is 4.30. The Morgan fingerprint density at radius 3 is 2.75 bits per heavy atom. The van der Waals surface area contributed by atoms with Crippen molar-refractivity contribution in [1.29, 1.82) is 0 Å². The van der Waals surface area contributed by atoms with Crippen LogP contribution in [0, 0.1) is 0 Å². The molecule has 0 bridgehead atoms. The first-order valence-corrected chi connectivity index (χ1v) is 4.67. The number of alkyl halides is 2. The Kier molecular flexibility index (Phi) is 4.00. The highest BCUT2D eigenvalue weighted by atomic mass is 35.5. The number of carboxylic acids is 1. The largest absolute Gasteiger partial charge is 0.478 e. The molecule has 0 spiro atoms. The molecule has 0 aliphatic carbocycles. The van der Waals surface area contributed by atoms with Crippen LogP contribution in [-0.2, 0) is 0 Å². The van der Waals surface area contributed by atoms with E-state index in [1.807, 2.05) is 0 Å². The molecule has 7 heteroatoms. The summed E-state index contributed by atoms with van der Waals surface area (Å²) in [5, 5.41) is 8.68. The van der Waals surface area contributed by atoms with E-state index < -0.39 is 18.9 Å². The topological polar surface area (TPSA) is 53.4 Å². The van der Waals surface area contributed by atoms with Crippen LogP contribution in [0.3, 0.4) is 0 Å². The quantitative estimate of drug-likeness (QED) is 0.890. The van der Waals surface area contributed by atoms with Crippen molar-refractivity contribution in [3.05, 3.63) is 22.8 Å². The maximum absolute atomic E-state index is 12.1. The van der Waals surface area contributed by atoms with Crippen LogP contribution in [0.1, 0.15) is 10.4 Å². The van der Waals surface area contributed by atoms with E-state index in [9.17, 15) is 13.6 Å². The van der Waals surface area contributed by atoms with Crippen LogP contribution < -0.4 is 4.90 Å². The van der Waals surface area contributed by atoms with Crippen molar-refractivity contribution in [3.63, 3.8) is 0 Å². The number of hydrogen-bond acceptors (Lipinski definition) is 3. The SMILES string of the molecule is CN(CC(F)F)c1ncc(C(=O)O)cc1Cl. The number of anilines is 1. The van der Waals surface area contributed by atoms with Crippen LogP contribution in [-0.4, -0.2) is 36.1 Å². The molecule has 0 aliphatic rings. The Morgan fingerprint density at radius 2 is 2.31 bits per heavy atom. The number of nitrogens with zero attached hydrogens (tertiary/aromatic N) is 2. The van der Waals surface area contributed by atoms with Gasteiger partial charge in [0.15, 0.2) is 0 Å². The second kappa shape index (κ2) is 5.07. The van der Waals surface area contributed by atoms with E-state index in [4.69, 9.17) is 16.7 Å². The van der Waals surface area contributed by atoms with E-state index in [-0.39, 0.29) is 16.4 Å². The smallest absolute Gasteiger partial charge is 0.337 e. The fourth-order valence-corrected chi connectivity index (χ4v) is 1.43. The lowest BCUT2D eigenvalue weighted by molar-refractivity contribution is 0.0696. The normalized spacial score (nSPS) is 10.6. The molecular formula is C9H9ClF2N2O2. The van der Waals surface area contributed by atoms with E-state index in [2.05, 4.69) is 4.98 Å². The van der Waals surface area contributed by atoms with Gasteiger partial charge in [-0.1, -0.05) is 11.6 Å². The van der Waals surface area contributed by atoms with E-state index in [0.717, 1.165) is 6.20 Å². The van der Waals surface area contributed by atoms with Crippen molar-refractivity contribution in [2.75, 3.05) is 18.5 Å². The summed E-state index contributed by atoms with van der Waals surface area (Å²) in [6.07, 6.45) is -1.44. The number of carbonyl (C=O) groups is 1. The summed E-state index contributed by atoms with van der Waals surface area (Å²) < 4.78 is 24.2. The highest BCUT2D eigenvalue weighted by Gasteiger charge is 2.14. The fourth-order valence-electron chi connectivity index (χ4n) is 1.12. The molecule has 1 heterocycles. The third-order valence-corrected chi connectivity index (χ3v) is 2.12. The van der Waals surface area contributed by atoms with Gasteiger partial charge in [-0.25, -0.2) is 18.6 Å². The van der Waals surface area contributed by atoms with E-state index in [0.29, 0.717) is 0 Å². The summed E-state index contributed by atoms with van der Waals surface area (Å²) in [7, 11) is 1.40. The monoisotopic (exact) mass is 250 g/mol. The van der Waals surface area contributed by atoms with Gasteiger partial charge in [0.2, 0.25) is 0 Å². The number of halogens is 3. The van der Waals surface area contributed by atoms with Gasteiger partial charge >= 0.3 is 5.97 Å². The van der Waals surface area contributed by atoms with Crippen LogP contribution in [0.5, 0.6) is 0 Å². The average Bonchev–Trinajstić information content (AvgIpc) is 2.15. The van der Waals surface area contributed by atoms with Gasteiger partial charge in [0.05, 0.1) is 17.1 Å². The van der Waals surface area contributed by atoms with Gasteiger partial charge in [0.1, 0.15) is 5.82 Å². The van der Waals surface area contributed by atoms with E-state index in [1.165, 1.54) is 18.0 Å². The molecule has 0 unspecified atom stereocenters. The van der Waals surface area contributed by atoms with Crippen LogP contribution in [0.15, 0.2) is 12.3 Å². The van der Waals surface area contributed by atoms with Gasteiger partial charge in [-0.15, -0.1) is 0 Å². The zero-order valence-corrected chi connectivity index (χ0v) is 9.08. The molecule has 0 radical (unpaired) electrons. The lowest BCUT2D eigenvalue weighted by Crippen LogP contribution is -2.25. The molecule has 0 amide bonds. The molecule has 0 atom stereocenters. The van der Waals surface area contributed by atoms with Crippen molar-refractivity contribution in [2.24, 2.45) is 0 Å². The summed E-state index contributed by atoms with van der Waals surface area (Å²) in [6, 6.07) is 1.17. The first-order chi connectivity index (χ1) is 7.41. The van der Waals surface area contributed by atoms with Crippen LogP contribution in [0.25, 0.3) is 0 Å². The predicted octanol–water partition coefficient (Wildman–Crippen LogP) is 2.13. The number of hydrogen-bond donors (Lipinski definition) is 1. The Hall–Kier alpha value is -1.43. The van der Waals surface area contributed by atoms with Crippen LogP contribution >= 0.6 is 11.6 Å². The fraction of sp³-hybridized carbons (Fsp3) is 0.333. The Labute approximate surface area is 95.5 Å². The van der Waals surface area contributed by atoms with Gasteiger partial charge in [0.25, 0.3) is 6.43 Å². The Balaban J connectivity index is 2.94. The molecule has 1 aromatic heterocycles. The van der Waals surface area contributed by atoms with Crippen molar-refractivity contribution >= 4 is 23.4 Å². The van der Waals surface area contributed by atoms with Crippen LogP contribution in [0.4, 0.5) is 14.6 Å². The summed E-state index contributed by atoms with van der Waals surface area (Å²) in [5.41, 5.74) is -0.0841. The second-order valence-corrected chi connectivity index (χ2v) is 3.51. The minimum atomic E-state index is -2.51. The molecule has 0 fully saturated rings. The van der Waals surface area contributed by atoms with Crippen molar-refractivity contribution in [3.8, 4) is 0 Å². The van der Waals surface area contributed by atoms with Gasteiger partial charge in [-0.05, 0) is 6.07 Å². The number of pyridine rings is 1. The number of aromatic carboxylic acids is 1. The molecule has 88 valence electrons. The summed E-state index contributed by atoms with van der Waals surface area (Å²) >= 11 is 5.74. The summed E-state index contributed by atoms with van der Waals surface area (Å²) in [6.45, 7) is -0.515. The predicted molar refractivity (Wildman–Crippen MR) is 55.5 cm³/mol. The zero-order chi connectivity index (χ0) is 12.3. The van der Waals surface area contributed by atoms with Crippen LogP contribution in [0.2, 0.25) is 5.02 Å². The molecule has 1 N–H and O–H groups in total. The molecule has 0 aliphatic heterocycles. The Bertz CT molecular complexity index is 401. The molecule has 0 aromatic carbocycles. The maximum Gasteiger partial charge on any atom is 0.337 e. The Morgan fingerprint density at radius 1 is 1.69 bits per heavy atom.